The Bertz CT molecular complexity index is 1130. The number of hydrogen-bond acceptors (Lipinski definition) is 5. The quantitative estimate of drug-likeness (QED) is 0.510. The third kappa shape index (κ3) is 2.97. The summed E-state index contributed by atoms with van der Waals surface area (Å²) in [5.74, 6) is 1.71. The molecule has 4 aliphatic rings. The number of Topliss-reactive ketones (excluding diaryl/α,β-unsaturated/α-hetero) is 1. The van der Waals surface area contributed by atoms with Crippen molar-refractivity contribution < 1.29 is 19.0 Å². The van der Waals surface area contributed by atoms with Crippen molar-refractivity contribution in [3.05, 3.63) is 59.2 Å². The molecule has 4 atom stereocenters. The van der Waals surface area contributed by atoms with E-state index in [2.05, 4.69) is 48.2 Å². The van der Waals surface area contributed by atoms with Crippen LogP contribution in [0.5, 0.6) is 11.5 Å². The van der Waals surface area contributed by atoms with Crippen LogP contribution in [0.15, 0.2) is 42.5 Å². The van der Waals surface area contributed by atoms with Crippen molar-refractivity contribution in [2.24, 2.45) is 0 Å². The van der Waals surface area contributed by atoms with E-state index in [0.29, 0.717) is 13.0 Å². The Labute approximate surface area is 208 Å². The number of methoxy groups -OCH3 is 1. The maximum Gasteiger partial charge on any atom is 0.177 e. The number of benzene rings is 2. The summed E-state index contributed by atoms with van der Waals surface area (Å²) in [5, 5.41) is 0. The Morgan fingerprint density at radius 2 is 1.97 bits per heavy atom. The van der Waals surface area contributed by atoms with Crippen molar-refractivity contribution in [1.29, 1.82) is 0 Å². The Kier molecular flexibility index (Phi) is 5.50. The molecule has 0 aromatic heterocycles. The van der Waals surface area contributed by atoms with Gasteiger partial charge in [-0.25, -0.2) is 0 Å². The Morgan fingerprint density at radius 1 is 1.14 bits per heavy atom. The number of nitrogens with zero attached hydrogens (tertiary/aromatic N) is 1. The molecule has 2 aromatic carbocycles. The minimum atomic E-state index is -0.923. The van der Waals surface area contributed by atoms with Crippen molar-refractivity contribution in [3.63, 3.8) is 0 Å². The number of ketones is 1. The fourth-order valence-electron chi connectivity index (χ4n) is 8.01. The van der Waals surface area contributed by atoms with Crippen LogP contribution in [0.25, 0.3) is 0 Å². The molecule has 5 heteroatoms. The monoisotopic (exact) mass is 475 g/mol. The first-order valence-electron chi connectivity index (χ1n) is 13.4. The standard InChI is InChI=1S/C30H37NO4/c1-4-17-31-18-16-29-26-22-12-13-23(33-3)27(26)35-28(29,2)25(32)14-15-30(29,24(31)20-22)34-19-8-11-21-9-6-5-7-10-21/h5-7,9-10,12-13,24H,4,8,11,14-20H2,1-3H3/t24-,28+,29+,30-/m1/s1. The van der Waals surface area contributed by atoms with Crippen molar-refractivity contribution in [2.75, 3.05) is 26.8 Å². The molecule has 2 heterocycles. The average Bonchev–Trinajstić information content (AvgIpc) is 3.15. The number of aryl methyl sites for hydroxylation is 1. The lowest BCUT2D eigenvalue weighted by molar-refractivity contribution is -0.231. The second-order valence-electron chi connectivity index (χ2n) is 10.9. The van der Waals surface area contributed by atoms with Gasteiger partial charge in [0, 0.05) is 24.6 Å². The van der Waals surface area contributed by atoms with Gasteiger partial charge in [0.15, 0.2) is 22.9 Å². The van der Waals surface area contributed by atoms with Gasteiger partial charge in [0.25, 0.3) is 0 Å². The lowest BCUT2D eigenvalue weighted by atomic mass is 9.45. The first kappa shape index (κ1) is 23.1. The molecule has 0 N–H and O–H groups in total. The van der Waals surface area contributed by atoms with Crippen LogP contribution in [0.3, 0.4) is 0 Å². The van der Waals surface area contributed by atoms with E-state index in [9.17, 15) is 4.79 Å². The molecule has 5 nitrogen and oxygen atoms in total. The van der Waals surface area contributed by atoms with Crippen LogP contribution in [0.4, 0.5) is 0 Å². The molecule has 186 valence electrons. The Morgan fingerprint density at radius 3 is 2.74 bits per heavy atom. The normalized spacial score (nSPS) is 32.8. The molecule has 35 heavy (non-hydrogen) atoms. The maximum atomic E-state index is 13.7. The number of likely N-dealkylation sites (tertiary alicyclic amines) is 1. The summed E-state index contributed by atoms with van der Waals surface area (Å²) < 4.78 is 19.6. The van der Waals surface area contributed by atoms with Crippen LogP contribution >= 0.6 is 0 Å². The summed E-state index contributed by atoms with van der Waals surface area (Å²) in [6.45, 7) is 7.00. The molecule has 2 aliphatic heterocycles. The SMILES string of the molecule is CCCN1CC[C@]23c4c5ccc(OC)c4O[C@@]2(C)C(=O)CC[C@@]3(OCCCc2ccccc2)[C@H]1C5. The number of ether oxygens (including phenoxy) is 3. The van der Waals surface area contributed by atoms with Gasteiger partial charge in [-0.2, -0.15) is 0 Å². The molecule has 1 saturated heterocycles. The summed E-state index contributed by atoms with van der Waals surface area (Å²) in [6, 6.07) is 15.1. The minimum absolute atomic E-state index is 0.204. The second kappa shape index (κ2) is 8.35. The number of carbonyl (C=O) groups is 1. The predicted octanol–water partition coefficient (Wildman–Crippen LogP) is 4.88. The van der Waals surface area contributed by atoms with Gasteiger partial charge in [0.2, 0.25) is 0 Å². The van der Waals surface area contributed by atoms with E-state index in [4.69, 9.17) is 14.2 Å². The lowest BCUT2D eigenvalue weighted by Gasteiger charge is -2.66. The van der Waals surface area contributed by atoms with Gasteiger partial charge in [-0.05, 0) is 75.7 Å². The molecular weight excluding hydrogens is 438 g/mol. The summed E-state index contributed by atoms with van der Waals surface area (Å²) in [5.41, 5.74) is 2.00. The number of rotatable bonds is 8. The first-order valence-corrected chi connectivity index (χ1v) is 13.4. The highest BCUT2D eigenvalue weighted by molar-refractivity contribution is 5.94. The van der Waals surface area contributed by atoms with E-state index in [0.717, 1.165) is 63.1 Å². The van der Waals surface area contributed by atoms with Gasteiger partial charge >= 0.3 is 0 Å². The van der Waals surface area contributed by atoms with Gasteiger partial charge < -0.3 is 14.2 Å². The maximum absolute atomic E-state index is 13.7. The number of carbonyl (C=O) groups excluding carboxylic acids is 1. The van der Waals surface area contributed by atoms with Crippen LogP contribution in [0.1, 0.15) is 62.6 Å². The van der Waals surface area contributed by atoms with Gasteiger partial charge in [0.1, 0.15) is 0 Å². The van der Waals surface area contributed by atoms with Gasteiger partial charge in [0.05, 0.1) is 18.1 Å². The van der Waals surface area contributed by atoms with Crippen LogP contribution in [0.2, 0.25) is 0 Å². The minimum Gasteiger partial charge on any atom is -0.493 e. The molecule has 6 rings (SSSR count). The Hall–Kier alpha value is -2.37. The zero-order chi connectivity index (χ0) is 24.3. The molecule has 1 spiro atoms. The molecule has 0 unspecified atom stereocenters. The topological polar surface area (TPSA) is 48.0 Å². The van der Waals surface area contributed by atoms with Crippen LogP contribution < -0.4 is 9.47 Å². The van der Waals surface area contributed by atoms with E-state index < -0.39 is 16.6 Å². The summed E-state index contributed by atoms with van der Waals surface area (Å²) in [7, 11) is 1.69. The molecule has 2 aromatic rings. The Balaban J connectivity index is 1.45. The average molecular weight is 476 g/mol. The van der Waals surface area contributed by atoms with Crippen molar-refractivity contribution >= 4 is 5.78 Å². The van der Waals surface area contributed by atoms with E-state index in [-0.39, 0.29) is 11.8 Å². The van der Waals surface area contributed by atoms with E-state index in [1.165, 1.54) is 16.7 Å². The smallest absolute Gasteiger partial charge is 0.177 e. The molecule has 2 aliphatic carbocycles. The number of piperidine rings is 1. The van der Waals surface area contributed by atoms with Gasteiger partial charge in [-0.3, -0.25) is 9.69 Å². The predicted molar refractivity (Wildman–Crippen MR) is 135 cm³/mol. The molecule has 0 radical (unpaired) electrons. The zero-order valence-electron chi connectivity index (χ0n) is 21.3. The highest BCUT2D eigenvalue weighted by Gasteiger charge is 2.78. The van der Waals surface area contributed by atoms with Crippen molar-refractivity contribution in [3.8, 4) is 11.5 Å². The van der Waals surface area contributed by atoms with Crippen LogP contribution in [-0.4, -0.2) is 54.7 Å². The second-order valence-corrected chi connectivity index (χ2v) is 10.9. The van der Waals surface area contributed by atoms with E-state index in [1.54, 1.807) is 7.11 Å². The molecule has 0 amide bonds. The summed E-state index contributed by atoms with van der Waals surface area (Å²) in [4.78, 5) is 16.3. The highest BCUT2D eigenvalue weighted by Crippen LogP contribution is 2.69. The highest BCUT2D eigenvalue weighted by atomic mass is 16.5. The van der Waals surface area contributed by atoms with Crippen molar-refractivity contribution in [1.82, 2.24) is 4.90 Å². The molecule has 1 saturated carbocycles. The zero-order valence-corrected chi connectivity index (χ0v) is 21.3. The lowest BCUT2D eigenvalue weighted by Crippen LogP contribution is -2.80. The molecular formula is C30H37NO4. The van der Waals surface area contributed by atoms with E-state index >= 15 is 0 Å². The number of hydrogen-bond donors (Lipinski definition) is 0. The molecule has 2 fully saturated rings. The molecule has 2 bridgehead atoms. The summed E-state index contributed by atoms with van der Waals surface area (Å²) >= 11 is 0. The third-order valence-electron chi connectivity index (χ3n) is 9.44. The third-order valence-corrected chi connectivity index (χ3v) is 9.44. The van der Waals surface area contributed by atoms with E-state index in [1.807, 2.05) is 13.0 Å². The largest absolute Gasteiger partial charge is 0.493 e. The fourth-order valence-corrected chi connectivity index (χ4v) is 8.01. The van der Waals surface area contributed by atoms with Gasteiger partial charge in [-0.15, -0.1) is 0 Å². The van der Waals surface area contributed by atoms with Crippen LogP contribution in [-0.2, 0) is 27.8 Å². The van der Waals surface area contributed by atoms with Crippen molar-refractivity contribution in [2.45, 2.75) is 81.5 Å². The summed E-state index contributed by atoms with van der Waals surface area (Å²) in [6.07, 6.45) is 6.14. The van der Waals surface area contributed by atoms with Crippen LogP contribution in [0, 0.1) is 0 Å². The fraction of sp³-hybridized carbons (Fsp3) is 0.567. The first-order chi connectivity index (χ1) is 17.0. The van der Waals surface area contributed by atoms with Gasteiger partial charge in [-0.1, -0.05) is 43.3 Å².